The lowest BCUT2D eigenvalue weighted by Gasteiger charge is -2.15. The molecule has 1 rings (SSSR count). The molecule has 1 aromatic carbocycles. The van der Waals surface area contributed by atoms with E-state index in [0.29, 0.717) is 24.7 Å². The van der Waals surface area contributed by atoms with Crippen molar-refractivity contribution in [1.82, 2.24) is 0 Å². The van der Waals surface area contributed by atoms with Gasteiger partial charge in [0, 0.05) is 0 Å². The third-order valence-electron chi connectivity index (χ3n) is 3.89. The van der Waals surface area contributed by atoms with E-state index in [2.05, 4.69) is 0 Å². The third-order valence-corrected chi connectivity index (χ3v) is 3.89. The Hall–Kier alpha value is -1.06. The highest BCUT2D eigenvalue weighted by Crippen LogP contribution is 2.28. The van der Waals surface area contributed by atoms with E-state index in [-0.39, 0.29) is 24.0 Å². The Balaban J connectivity index is 3.03. The van der Waals surface area contributed by atoms with Gasteiger partial charge in [-0.05, 0) is 48.6 Å². The molecule has 0 radical (unpaired) electrons. The first-order valence-electron chi connectivity index (χ1n) is 8.09. The van der Waals surface area contributed by atoms with Crippen molar-refractivity contribution >= 4 is 0 Å². The Labute approximate surface area is 130 Å². The fourth-order valence-corrected chi connectivity index (χ4v) is 2.62. The molecule has 1 aromatic rings. The summed E-state index contributed by atoms with van der Waals surface area (Å²) in [6, 6.07) is 0. The number of hydrogen-bond donors (Lipinski definition) is 0. The predicted molar refractivity (Wildman–Crippen MR) is 81.8 cm³/mol. The van der Waals surface area contributed by atoms with Gasteiger partial charge in [0.25, 0.3) is 0 Å². The van der Waals surface area contributed by atoms with E-state index in [9.17, 15) is 17.6 Å². The van der Waals surface area contributed by atoms with Crippen molar-refractivity contribution in [3.63, 3.8) is 0 Å². The summed E-state index contributed by atoms with van der Waals surface area (Å²) in [5, 5.41) is 0. The molecule has 0 N–H and O–H groups in total. The Morgan fingerprint density at radius 2 is 0.909 bits per heavy atom. The molecule has 0 saturated carbocycles. The molecule has 126 valence electrons. The van der Waals surface area contributed by atoms with Gasteiger partial charge in [0.05, 0.1) is 0 Å². The van der Waals surface area contributed by atoms with E-state index in [1.54, 1.807) is 0 Å². The van der Waals surface area contributed by atoms with Crippen LogP contribution in [-0.2, 0) is 12.8 Å². The second-order valence-corrected chi connectivity index (χ2v) is 6.79. The molecular formula is C18H26F4. The maximum Gasteiger partial charge on any atom is 0.197 e. The molecule has 0 bridgehead atoms. The number of rotatable bonds is 8. The second kappa shape index (κ2) is 8.54. The second-order valence-electron chi connectivity index (χ2n) is 6.79. The number of halogens is 4. The molecule has 0 fully saturated rings. The van der Waals surface area contributed by atoms with Gasteiger partial charge in [0.2, 0.25) is 0 Å². The molecule has 0 aliphatic rings. The first kappa shape index (κ1) is 19.0. The molecule has 0 atom stereocenters. The van der Waals surface area contributed by atoms with Crippen molar-refractivity contribution in [1.29, 1.82) is 0 Å². The summed E-state index contributed by atoms with van der Waals surface area (Å²) in [4.78, 5) is 0. The van der Waals surface area contributed by atoms with Crippen LogP contribution in [0.1, 0.15) is 64.5 Å². The van der Waals surface area contributed by atoms with Crippen LogP contribution in [0.25, 0.3) is 0 Å². The summed E-state index contributed by atoms with van der Waals surface area (Å²) >= 11 is 0. The molecule has 0 nitrogen and oxygen atoms in total. The normalized spacial score (nSPS) is 11.7. The molecule has 22 heavy (non-hydrogen) atoms. The lowest BCUT2D eigenvalue weighted by atomic mass is 9.93. The summed E-state index contributed by atoms with van der Waals surface area (Å²) in [7, 11) is 0. The molecule has 0 saturated heterocycles. The molecular weight excluding hydrogens is 292 g/mol. The van der Waals surface area contributed by atoms with E-state index in [1.807, 2.05) is 27.7 Å². The summed E-state index contributed by atoms with van der Waals surface area (Å²) in [6.45, 7) is 8.13. The molecule has 0 heterocycles. The molecule has 0 spiro atoms. The molecule has 0 unspecified atom stereocenters. The Bertz CT molecular complexity index is 448. The van der Waals surface area contributed by atoms with Gasteiger partial charge in [-0.2, -0.15) is 0 Å². The molecule has 0 aromatic heterocycles. The largest absolute Gasteiger partial charge is 0.203 e. The standard InChI is InChI=1S/C18H26F4/c1-11(2)7-5-9-13-14(10-6-8-12(3)4)16(20)18(22)17(21)15(13)19/h11-12H,5-10H2,1-4H3. The minimum atomic E-state index is -1.69. The fourth-order valence-electron chi connectivity index (χ4n) is 2.62. The van der Waals surface area contributed by atoms with Crippen LogP contribution in [0.15, 0.2) is 0 Å². The van der Waals surface area contributed by atoms with Crippen molar-refractivity contribution in [2.75, 3.05) is 0 Å². The quantitative estimate of drug-likeness (QED) is 0.304. The lowest BCUT2D eigenvalue weighted by molar-refractivity contribution is 0.394. The lowest BCUT2D eigenvalue weighted by Crippen LogP contribution is -2.10. The van der Waals surface area contributed by atoms with Gasteiger partial charge < -0.3 is 0 Å². The third kappa shape index (κ3) is 4.99. The van der Waals surface area contributed by atoms with Gasteiger partial charge in [-0.1, -0.05) is 40.5 Å². The number of hydrogen-bond acceptors (Lipinski definition) is 0. The topological polar surface area (TPSA) is 0 Å². The molecule has 0 aliphatic heterocycles. The predicted octanol–water partition coefficient (Wildman–Crippen LogP) is 6.20. The van der Waals surface area contributed by atoms with Gasteiger partial charge in [0.15, 0.2) is 23.3 Å². The monoisotopic (exact) mass is 318 g/mol. The minimum absolute atomic E-state index is 0.0146. The van der Waals surface area contributed by atoms with Crippen LogP contribution >= 0.6 is 0 Å². The van der Waals surface area contributed by atoms with Gasteiger partial charge in [-0.15, -0.1) is 0 Å². The first-order valence-corrected chi connectivity index (χ1v) is 8.09. The Morgan fingerprint density at radius 1 is 0.591 bits per heavy atom. The highest BCUT2D eigenvalue weighted by molar-refractivity contribution is 5.32. The van der Waals surface area contributed by atoms with Crippen LogP contribution < -0.4 is 0 Å². The molecule has 0 aliphatic carbocycles. The van der Waals surface area contributed by atoms with Crippen molar-refractivity contribution in [3.8, 4) is 0 Å². The zero-order valence-electron chi connectivity index (χ0n) is 13.9. The van der Waals surface area contributed by atoms with Crippen LogP contribution in [0.5, 0.6) is 0 Å². The molecule has 4 heteroatoms. The minimum Gasteiger partial charge on any atom is -0.203 e. The number of benzene rings is 1. The van der Waals surface area contributed by atoms with Crippen molar-refractivity contribution in [2.45, 2.75) is 66.2 Å². The van der Waals surface area contributed by atoms with Crippen LogP contribution in [0.3, 0.4) is 0 Å². The van der Waals surface area contributed by atoms with E-state index in [1.165, 1.54) is 0 Å². The maximum absolute atomic E-state index is 14.0. The van der Waals surface area contributed by atoms with Crippen LogP contribution in [0.2, 0.25) is 0 Å². The van der Waals surface area contributed by atoms with Gasteiger partial charge in [-0.3, -0.25) is 0 Å². The Morgan fingerprint density at radius 3 is 1.18 bits per heavy atom. The van der Waals surface area contributed by atoms with E-state index in [4.69, 9.17) is 0 Å². The zero-order chi connectivity index (χ0) is 16.9. The van der Waals surface area contributed by atoms with Crippen molar-refractivity contribution in [2.24, 2.45) is 11.8 Å². The van der Waals surface area contributed by atoms with Crippen LogP contribution in [-0.4, -0.2) is 0 Å². The highest BCUT2D eigenvalue weighted by atomic mass is 19.2. The van der Waals surface area contributed by atoms with E-state index < -0.39 is 23.3 Å². The molecule has 0 amide bonds. The van der Waals surface area contributed by atoms with Crippen LogP contribution in [0, 0.1) is 35.1 Å². The van der Waals surface area contributed by atoms with E-state index in [0.717, 1.165) is 12.8 Å². The summed E-state index contributed by atoms with van der Waals surface area (Å²) in [5.41, 5.74) is 0.0293. The van der Waals surface area contributed by atoms with Crippen LogP contribution in [0.4, 0.5) is 17.6 Å². The SMILES string of the molecule is CC(C)CCCc1c(F)c(F)c(F)c(F)c1CCCC(C)C. The summed E-state index contributed by atoms with van der Waals surface area (Å²) < 4.78 is 55.0. The van der Waals surface area contributed by atoms with Gasteiger partial charge in [0.1, 0.15) is 0 Å². The van der Waals surface area contributed by atoms with Crippen molar-refractivity contribution in [3.05, 3.63) is 34.4 Å². The zero-order valence-corrected chi connectivity index (χ0v) is 13.9. The fraction of sp³-hybridized carbons (Fsp3) is 0.667. The Kier molecular flexibility index (Phi) is 7.37. The highest BCUT2D eigenvalue weighted by Gasteiger charge is 2.24. The first-order chi connectivity index (χ1) is 10.3. The average Bonchev–Trinajstić information content (AvgIpc) is 2.44. The maximum atomic E-state index is 14.0. The average molecular weight is 318 g/mol. The van der Waals surface area contributed by atoms with Gasteiger partial charge >= 0.3 is 0 Å². The van der Waals surface area contributed by atoms with Gasteiger partial charge in [-0.25, -0.2) is 17.6 Å². The van der Waals surface area contributed by atoms with E-state index >= 15 is 0 Å². The summed E-state index contributed by atoms with van der Waals surface area (Å²) in [6.07, 6.45) is 3.44. The van der Waals surface area contributed by atoms with Crippen molar-refractivity contribution < 1.29 is 17.6 Å². The smallest absolute Gasteiger partial charge is 0.197 e. The summed E-state index contributed by atoms with van der Waals surface area (Å²) in [5.74, 6) is -4.95.